The second-order valence-corrected chi connectivity index (χ2v) is 9.60. The minimum Gasteiger partial charge on any atom is -0.468 e. The van der Waals surface area contributed by atoms with Gasteiger partial charge in [0, 0.05) is 0 Å². The van der Waals surface area contributed by atoms with E-state index in [1.165, 1.54) is 0 Å². The molecule has 6 nitrogen and oxygen atoms in total. The quantitative estimate of drug-likeness (QED) is 0.266. The number of methoxy groups -OCH3 is 1. The molecule has 3 aromatic carbocycles. The standard InChI is InChI=1S/C28H19F7N2O4/c1-41-25(40)22-20-21(24(39)37(23(20)38)19-12-10-18(29)11-13-19)26(36-22,14-2-6-16(7-3-14)27(30,31)32)15-4-8-17(9-5-15)28(33,34)35/h2-13,20-22,36H,1H3/t20-,21+,22+/m0/s1. The highest BCUT2D eigenvalue weighted by Gasteiger charge is 2.68. The number of nitrogens with one attached hydrogen (secondary N) is 1. The zero-order valence-electron chi connectivity index (χ0n) is 20.9. The number of esters is 1. The van der Waals surface area contributed by atoms with Crippen LogP contribution >= 0.6 is 0 Å². The number of carbonyl (C=O) groups is 3. The smallest absolute Gasteiger partial charge is 0.416 e. The molecule has 0 aliphatic carbocycles. The number of amides is 2. The van der Waals surface area contributed by atoms with Crippen molar-refractivity contribution in [1.29, 1.82) is 0 Å². The van der Waals surface area contributed by atoms with Crippen molar-refractivity contribution in [3.63, 3.8) is 0 Å². The Bertz CT molecular complexity index is 1440. The lowest BCUT2D eigenvalue weighted by Crippen LogP contribution is -2.52. The van der Waals surface area contributed by atoms with E-state index in [-0.39, 0.29) is 16.8 Å². The average Bonchev–Trinajstić information content (AvgIpc) is 3.42. The number of benzene rings is 3. The van der Waals surface area contributed by atoms with Gasteiger partial charge in [0.2, 0.25) is 11.8 Å². The molecule has 2 fully saturated rings. The van der Waals surface area contributed by atoms with Crippen LogP contribution in [-0.2, 0) is 37.0 Å². The van der Waals surface area contributed by atoms with Crippen LogP contribution in [0.4, 0.5) is 36.4 Å². The van der Waals surface area contributed by atoms with Gasteiger partial charge in [0.1, 0.15) is 11.9 Å². The average molecular weight is 580 g/mol. The summed E-state index contributed by atoms with van der Waals surface area (Å²) in [6, 6.07) is 9.81. The van der Waals surface area contributed by atoms with Gasteiger partial charge in [0.15, 0.2) is 0 Å². The number of fused-ring (bicyclic) bond motifs is 1. The van der Waals surface area contributed by atoms with E-state index in [1.807, 2.05) is 0 Å². The first kappa shape index (κ1) is 28.3. The Hall–Kier alpha value is -4.26. The Labute approximate surface area is 227 Å². The number of nitrogens with zero attached hydrogens (tertiary/aromatic N) is 1. The van der Waals surface area contributed by atoms with Crippen LogP contribution in [0.25, 0.3) is 0 Å². The fourth-order valence-corrected chi connectivity index (χ4v) is 5.62. The van der Waals surface area contributed by atoms with Crippen molar-refractivity contribution in [1.82, 2.24) is 5.32 Å². The Morgan fingerprint density at radius 2 is 1.24 bits per heavy atom. The monoisotopic (exact) mass is 580 g/mol. The second kappa shape index (κ2) is 9.68. The fraction of sp³-hybridized carbons (Fsp3) is 0.250. The topological polar surface area (TPSA) is 75.7 Å². The molecular weight excluding hydrogens is 561 g/mol. The van der Waals surface area contributed by atoms with E-state index >= 15 is 0 Å². The Morgan fingerprint density at radius 3 is 1.66 bits per heavy atom. The van der Waals surface area contributed by atoms with E-state index in [0.29, 0.717) is 0 Å². The molecule has 1 N–H and O–H groups in total. The molecule has 2 saturated heterocycles. The third kappa shape index (κ3) is 4.53. The molecule has 3 atom stereocenters. The van der Waals surface area contributed by atoms with Crippen LogP contribution in [0.3, 0.4) is 0 Å². The minimum absolute atomic E-state index is 0.0197. The highest BCUT2D eigenvalue weighted by molar-refractivity contribution is 6.24. The number of hydrogen-bond acceptors (Lipinski definition) is 5. The zero-order valence-corrected chi connectivity index (χ0v) is 20.9. The van der Waals surface area contributed by atoms with Gasteiger partial charge in [0.25, 0.3) is 0 Å². The third-order valence-corrected chi connectivity index (χ3v) is 7.43. The molecule has 41 heavy (non-hydrogen) atoms. The van der Waals surface area contributed by atoms with Crippen LogP contribution in [0.1, 0.15) is 22.3 Å². The molecule has 0 bridgehead atoms. The first-order valence-corrected chi connectivity index (χ1v) is 12.0. The number of halogens is 7. The van der Waals surface area contributed by atoms with Gasteiger partial charge >= 0.3 is 18.3 Å². The van der Waals surface area contributed by atoms with Gasteiger partial charge in [-0.25, -0.2) is 9.29 Å². The van der Waals surface area contributed by atoms with Gasteiger partial charge in [-0.1, -0.05) is 24.3 Å². The summed E-state index contributed by atoms with van der Waals surface area (Å²) in [5.41, 5.74) is -4.09. The summed E-state index contributed by atoms with van der Waals surface area (Å²) in [5.74, 6) is -6.41. The molecule has 5 rings (SSSR count). The van der Waals surface area contributed by atoms with Gasteiger partial charge < -0.3 is 4.74 Å². The molecule has 0 unspecified atom stereocenters. The van der Waals surface area contributed by atoms with E-state index in [9.17, 15) is 45.1 Å². The lowest BCUT2D eigenvalue weighted by molar-refractivity contribution is -0.145. The van der Waals surface area contributed by atoms with Gasteiger partial charge in [0.05, 0.1) is 41.3 Å². The van der Waals surface area contributed by atoms with Crippen LogP contribution in [0.2, 0.25) is 0 Å². The Morgan fingerprint density at radius 1 is 0.780 bits per heavy atom. The Balaban J connectivity index is 1.75. The van der Waals surface area contributed by atoms with Crippen LogP contribution in [0, 0.1) is 17.7 Å². The van der Waals surface area contributed by atoms with E-state index in [0.717, 1.165) is 84.8 Å². The lowest BCUT2D eigenvalue weighted by atomic mass is 9.71. The molecule has 0 aromatic heterocycles. The summed E-state index contributed by atoms with van der Waals surface area (Å²) in [6.07, 6.45) is -9.45. The largest absolute Gasteiger partial charge is 0.468 e. The van der Waals surface area contributed by atoms with Gasteiger partial charge in [-0.05, 0) is 59.7 Å². The van der Waals surface area contributed by atoms with E-state index < -0.39 is 70.5 Å². The molecule has 2 heterocycles. The summed E-state index contributed by atoms with van der Waals surface area (Å²) in [4.78, 5) is 41.3. The van der Waals surface area contributed by atoms with Gasteiger partial charge in [-0.2, -0.15) is 26.3 Å². The minimum atomic E-state index is -4.72. The summed E-state index contributed by atoms with van der Waals surface area (Å²) >= 11 is 0. The van der Waals surface area contributed by atoms with E-state index in [4.69, 9.17) is 4.74 Å². The predicted octanol–water partition coefficient (Wildman–Crippen LogP) is 5.06. The van der Waals surface area contributed by atoms with Crippen molar-refractivity contribution < 1.29 is 49.9 Å². The Kier molecular flexibility index (Phi) is 6.68. The molecule has 0 saturated carbocycles. The predicted molar refractivity (Wildman–Crippen MR) is 128 cm³/mol. The van der Waals surface area contributed by atoms with Gasteiger partial charge in [-0.15, -0.1) is 0 Å². The maximum Gasteiger partial charge on any atom is 0.416 e. The van der Waals surface area contributed by atoms with Crippen molar-refractivity contribution >= 4 is 23.5 Å². The first-order chi connectivity index (χ1) is 19.2. The molecular formula is C28H19F7N2O4. The van der Waals surface area contributed by atoms with Gasteiger partial charge in [-0.3, -0.25) is 19.7 Å². The maximum atomic E-state index is 14.0. The second-order valence-electron chi connectivity index (χ2n) is 9.60. The molecule has 2 amide bonds. The molecule has 214 valence electrons. The molecule has 2 aliphatic heterocycles. The first-order valence-electron chi connectivity index (χ1n) is 12.0. The van der Waals surface area contributed by atoms with Crippen molar-refractivity contribution in [3.8, 4) is 0 Å². The zero-order chi connectivity index (χ0) is 29.9. The van der Waals surface area contributed by atoms with E-state index in [2.05, 4.69) is 5.32 Å². The molecule has 0 radical (unpaired) electrons. The number of anilines is 1. The van der Waals surface area contributed by atoms with Crippen LogP contribution in [-0.4, -0.2) is 30.9 Å². The van der Waals surface area contributed by atoms with Crippen molar-refractivity contribution in [3.05, 3.63) is 101 Å². The van der Waals surface area contributed by atoms with E-state index in [1.54, 1.807) is 0 Å². The highest BCUT2D eigenvalue weighted by Crippen LogP contribution is 2.53. The molecule has 3 aromatic rings. The van der Waals surface area contributed by atoms with Crippen LogP contribution in [0.15, 0.2) is 72.8 Å². The van der Waals surface area contributed by atoms with Crippen LogP contribution < -0.4 is 10.2 Å². The number of hydrogen-bond donors (Lipinski definition) is 1. The van der Waals surface area contributed by atoms with Crippen molar-refractivity contribution in [2.75, 3.05) is 12.0 Å². The van der Waals surface area contributed by atoms with Crippen molar-refractivity contribution in [2.45, 2.75) is 23.9 Å². The normalized spacial score (nSPS) is 22.1. The number of ether oxygens (including phenoxy) is 1. The number of carbonyl (C=O) groups excluding carboxylic acids is 3. The number of alkyl halides is 6. The van der Waals surface area contributed by atoms with Crippen LogP contribution in [0.5, 0.6) is 0 Å². The number of imide groups is 1. The molecule has 13 heteroatoms. The molecule has 0 spiro atoms. The highest BCUT2D eigenvalue weighted by atomic mass is 19.4. The summed E-state index contributed by atoms with van der Waals surface area (Å²) < 4.78 is 98.6. The van der Waals surface area contributed by atoms with Crippen molar-refractivity contribution in [2.24, 2.45) is 11.8 Å². The lowest BCUT2D eigenvalue weighted by Gasteiger charge is -2.36. The third-order valence-electron chi connectivity index (χ3n) is 7.43. The maximum absolute atomic E-state index is 14.0. The summed E-state index contributed by atoms with van der Waals surface area (Å²) in [7, 11) is 1.02. The SMILES string of the molecule is COC(=O)[C@@H]1NC(c2ccc(C(F)(F)F)cc2)(c2ccc(C(F)(F)F)cc2)[C@H]2C(=O)N(c3ccc(F)cc3)C(=O)[C@H]12. The molecule has 2 aliphatic rings. The summed E-state index contributed by atoms with van der Waals surface area (Å²) in [6.45, 7) is 0. The summed E-state index contributed by atoms with van der Waals surface area (Å²) in [5, 5.41) is 2.88. The number of rotatable bonds is 4. The fourth-order valence-electron chi connectivity index (χ4n) is 5.62.